The molecule has 4 aromatic rings. The topological polar surface area (TPSA) is 144 Å². The van der Waals surface area contributed by atoms with Crippen molar-refractivity contribution in [1.82, 2.24) is 9.36 Å². The third-order valence-corrected chi connectivity index (χ3v) is 9.23. The number of methoxy groups -OCH3 is 2. The van der Waals surface area contributed by atoms with Gasteiger partial charge in [-0.05, 0) is 60.6 Å². The number of thioether (sulfide) groups is 1. The van der Waals surface area contributed by atoms with Crippen molar-refractivity contribution in [3.8, 4) is 11.5 Å². The van der Waals surface area contributed by atoms with Gasteiger partial charge in [-0.1, -0.05) is 34.8 Å². The highest BCUT2D eigenvalue weighted by Gasteiger charge is 2.22. The first-order chi connectivity index (χ1) is 22.4. The minimum Gasteiger partial charge on any atom is -0.468 e. The highest BCUT2D eigenvalue weighted by Crippen LogP contribution is 2.34. The third-order valence-electron chi connectivity index (χ3n) is 6.37. The van der Waals surface area contributed by atoms with E-state index in [1.54, 1.807) is 21.5 Å². The molecule has 1 aliphatic rings. The molecule has 0 fully saturated rings. The molecule has 0 amide bonds. The van der Waals surface area contributed by atoms with Gasteiger partial charge in [-0.25, -0.2) is 18.9 Å². The Hall–Kier alpha value is -3.89. The van der Waals surface area contributed by atoms with E-state index in [0.29, 0.717) is 33.6 Å². The number of nitro benzene ring substituents is 1. The number of esters is 2. The second-order valence-electron chi connectivity index (χ2n) is 9.42. The van der Waals surface area contributed by atoms with Crippen LogP contribution >= 0.6 is 57.9 Å². The highest BCUT2D eigenvalue weighted by molar-refractivity contribution is 8.00. The van der Waals surface area contributed by atoms with Crippen LogP contribution in [0.15, 0.2) is 63.2 Å². The number of aromatic nitrogens is 2. The average molecular weight is 746 g/mol. The molecule has 0 atom stereocenters. The Balaban J connectivity index is 0.000000215. The van der Waals surface area contributed by atoms with Gasteiger partial charge in [0.2, 0.25) is 4.80 Å². The molecule has 18 heteroatoms. The Kier molecular flexibility index (Phi) is 12.5. The SMILES string of the molecule is COC(=O)CSc1cc(N=c2sc(=O)n3n2CCCC3)c(F)cc1Cl.COC(=O)c1cc(Oc2ccc(Cl)cc2Cl)ccc1[N+](=O)[O-]. The maximum atomic E-state index is 14.3. The molecule has 0 aliphatic carbocycles. The van der Waals surface area contributed by atoms with Crippen molar-refractivity contribution in [2.45, 2.75) is 30.8 Å². The number of carbonyl (C=O) groups is 2. The van der Waals surface area contributed by atoms with E-state index in [-0.39, 0.29) is 43.4 Å². The Morgan fingerprint density at radius 2 is 1.74 bits per heavy atom. The van der Waals surface area contributed by atoms with Crippen LogP contribution in [0.25, 0.3) is 0 Å². The number of ether oxygens (including phenoxy) is 3. The molecule has 0 saturated carbocycles. The van der Waals surface area contributed by atoms with Crippen molar-refractivity contribution >= 4 is 81.2 Å². The van der Waals surface area contributed by atoms with E-state index in [4.69, 9.17) is 39.5 Å². The summed E-state index contributed by atoms with van der Waals surface area (Å²) < 4.78 is 32.3. The van der Waals surface area contributed by atoms with Gasteiger partial charge in [-0.15, -0.1) is 11.8 Å². The monoisotopic (exact) mass is 744 g/mol. The zero-order valence-electron chi connectivity index (χ0n) is 24.5. The minimum absolute atomic E-state index is 0.0605. The zero-order valence-corrected chi connectivity index (χ0v) is 28.4. The first-order valence-electron chi connectivity index (χ1n) is 13.5. The second-order valence-corrected chi connectivity index (χ2v) is 12.6. The van der Waals surface area contributed by atoms with Gasteiger partial charge in [0.1, 0.15) is 28.6 Å². The standard InChI is InChI=1S/C15H15ClFN3O3S2.C14H9Cl2NO5/c1-23-13(21)8-24-12-7-11(10(17)6-9(12)16)18-14-19-4-2-3-5-20(19)15(22)25-14;1-21-14(18)10-7-9(3-4-12(10)17(19)20)22-13-5-2-8(15)6-11(13)16/h6-7H,2-5,8H2,1H3;2-7H,1H3. The molecule has 12 nitrogen and oxygen atoms in total. The molecule has 0 bridgehead atoms. The molecule has 248 valence electrons. The normalized spacial score (nSPS) is 12.4. The number of benzene rings is 3. The predicted molar refractivity (Wildman–Crippen MR) is 176 cm³/mol. The Morgan fingerprint density at radius 3 is 2.40 bits per heavy atom. The van der Waals surface area contributed by atoms with Crippen LogP contribution in [0.3, 0.4) is 0 Å². The Bertz CT molecular complexity index is 1960. The minimum atomic E-state index is -0.834. The number of fused-ring (bicyclic) bond motifs is 1. The average Bonchev–Trinajstić information content (AvgIpc) is 3.37. The molecular weight excluding hydrogens is 722 g/mol. The van der Waals surface area contributed by atoms with E-state index in [1.807, 2.05) is 0 Å². The van der Waals surface area contributed by atoms with Crippen molar-refractivity contribution in [2.24, 2.45) is 4.99 Å². The number of nitro groups is 1. The maximum absolute atomic E-state index is 14.3. The van der Waals surface area contributed by atoms with Gasteiger partial charge in [0.25, 0.3) is 5.69 Å². The number of halogens is 4. The van der Waals surface area contributed by atoms with Crippen LogP contribution in [0.5, 0.6) is 11.5 Å². The van der Waals surface area contributed by atoms with Crippen LogP contribution in [-0.2, 0) is 27.4 Å². The van der Waals surface area contributed by atoms with Gasteiger partial charge >= 0.3 is 16.8 Å². The summed E-state index contributed by atoms with van der Waals surface area (Å²) in [5.74, 6) is -1.25. The fraction of sp³-hybridized carbons (Fsp3) is 0.241. The molecule has 5 rings (SSSR count). The van der Waals surface area contributed by atoms with Crippen LogP contribution < -0.4 is 14.4 Å². The first kappa shape index (κ1) is 36.0. The van der Waals surface area contributed by atoms with E-state index in [1.165, 1.54) is 31.4 Å². The molecule has 0 N–H and O–H groups in total. The lowest BCUT2D eigenvalue weighted by atomic mass is 10.1. The summed E-state index contributed by atoms with van der Waals surface area (Å²) in [5.41, 5.74) is -0.504. The second kappa shape index (κ2) is 16.3. The summed E-state index contributed by atoms with van der Waals surface area (Å²) in [7, 11) is 2.43. The van der Waals surface area contributed by atoms with Crippen molar-refractivity contribution in [3.05, 3.63) is 99.6 Å². The number of hydrogen-bond donors (Lipinski definition) is 0. The number of hydrogen-bond acceptors (Lipinski definition) is 11. The lowest BCUT2D eigenvalue weighted by molar-refractivity contribution is -0.385. The summed E-state index contributed by atoms with van der Waals surface area (Å²) in [6.45, 7) is 1.32. The summed E-state index contributed by atoms with van der Waals surface area (Å²) in [5, 5.41) is 11.8. The smallest absolute Gasteiger partial charge is 0.345 e. The maximum Gasteiger partial charge on any atom is 0.345 e. The quantitative estimate of drug-likeness (QED) is 0.0787. The predicted octanol–water partition coefficient (Wildman–Crippen LogP) is 7.28. The lowest BCUT2D eigenvalue weighted by Gasteiger charge is -2.15. The zero-order chi connectivity index (χ0) is 34.2. The first-order valence-corrected chi connectivity index (χ1v) is 16.4. The number of carbonyl (C=O) groups excluding carboxylic acids is 2. The Morgan fingerprint density at radius 1 is 1.02 bits per heavy atom. The fourth-order valence-electron chi connectivity index (χ4n) is 4.13. The van der Waals surface area contributed by atoms with Crippen molar-refractivity contribution in [1.29, 1.82) is 0 Å². The van der Waals surface area contributed by atoms with Crippen LogP contribution in [0, 0.1) is 15.9 Å². The van der Waals surface area contributed by atoms with E-state index >= 15 is 0 Å². The summed E-state index contributed by atoms with van der Waals surface area (Å²) in [6.07, 6.45) is 1.90. The van der Waals surface area contributed by atoms with Gasteiger partial charge in [0.05, 0.1) is 34.9 Å². The molecule has 0 saturated heterocycles. The van der Waals surface area contributed by atoms with Crippen molar-refractivity contribution in [2.75, 3.05) is 20.0 Å². The summed E-state index contributed by atoms with van der Waals surface area (Å²) >= 11 is 19.9. The molecule has 1 aromatic heterocycles. The third kappa shape index (κ3) is 9.14. The van der Waals surface area contributed by atoms with Gasteiger partial charge in [-0.3, -0.25) is 24.4 Å². The molecule has 0 unspecified atom stereocenters. The number of nitrogens with zero attached hydrogens (tertiary/aromatic N) is 4. The van der Waals surface area contributed by atoms with Crippen LogP contribution in [-0.4, -0.2) is 46.2 Å². The molecule has 1 aliphatic heterocycles. The molecule has 2 heterocycles. The van der Waals surface area contributed by atoms with E-state index in [2.05, 4.69) is 14.5 Å². The van der Waals surface area contributed by atoms with E-state index in [0.717, 1.165) is 55.2 Å². The van der Waals surface area contributed by atoms with Crippen molar-refractivity contribution in [3.63, 3.8) is 0 Å². The summed E-state index contributed by atoms with van der Waals surface area (Å²) in [6, 6.07) is 11.0. The van der Waals surface area contributed by atoms with E-state index in [9.17, 15) is 28.9 Å². The molecule has 0 radical (unpaired) electrons. The fourth-order valence-corrected chi connectivity index (χ4v) is 6.56. The van der Waals surface area contributed by atoms with E-state index < -0.39 is 22.7 Å². The largest absolute Gasteiger partial charge is 0.468 e. The molecule has 0 spiro atoms. The highest BCUT2D eigenvalue weighted by atomic mass is 35.5. The summed E-state index contributed by atoms with van der Waals surface area (Å²) in [4.78, 5) is 50.4. The van der Waals surface area contributed by atoms with Gasteiger partial charge in [0.15, 0.2) is 0 Å². The number of rotatable bonds is 8. The van der Waals surface area contributed by atoms with Crippen molar-refractivity contribution < 1.29 is 33.1 Å². The molecule has 47 heavy (non-hydrogen) atoms. The molecular formula is C29H24Cl3FN4O8S2. The van der Waals surface area contributed by atoms with Crippen LogP contribution in [0.2, 0.25) is 15.1 Å². The van der Waals surface area contributed by atoms with Gasteiger partial charge in [-0.2, -0.15) is 0 Å². The molecule has 3 aromatic carbocycles. The Labute approximate surface area is 289 Å². The van der Waals surface area contributed by atoms with Crippen LogP contribution in [0.4, 0.5) is 15.8 Å². The van der Waals surface area contributed by atoms with Gasteiger partial charge in [0, 0.05) is 35.1 Å². The lowest BCUT2D eigenvalue weighted by Crippen LogP contribution is -2.31. The van der Waals surface area contributed by atoms with Crippen LogP contribution in [0.1, 0.15) is 23.2 Å². The van der Waals surface area contributed by atoms with Gasteiger partial charge < -0.3 is 14.2 Å².